The topological polar surface area (TPSA) is 106 Å². The molecule has 2 atom stereocenters. The van der Waals surface area contributed by atoms with Gasteiger partial charge >= 0.3 is 5.69 Å². The minimum Gasteiger partial charge on any atom is -0.493 e. The fourth-order valence-corrected chi connectivity index (χ4v) is 4.00. The van der Waals surface area contributed by atoms with Gasteiger partial charge in [0.2, 0.25) is 5.91 Å². The summed E-state index contributed by atoms with van der Waals surface area (Å²) in [6.07, 6.45) is 0.715. The highest BCUT2D eigenvalue weighted by Gasteiger charge is 2.29. The van der Waals surface area contributed by atoms with Gasteiger partial charge in [-0.3, -0.25) is 14.6 Å². The lowest BCUT2D eigenvalue weighted by Crippen LogP contribution is -2.46. The Morgan fingerprint density at radius 2 is 1.83 bits per heavy atom. The van der Waals surface area contributed by atoms with Crippen LogP contribution in [-0.4, -0.2) is 27.6 Å². The van der Waals surface area contributed by atoms with E-state index in [1.165, 1.54) is 20.1 Å². The SMILES string of the molecule is COc1c(F)ccc2[nH]c(=O)n([C@@H](Cc3ccccc3)C(=O)N[C@H](C)c3ncc(F)cc3F)c(=O)c12. The van der Waals surface area contributed by atoms with Crippen LogP contribution in [0, 0.1) is 17.5 Å². The molecule has 8 nitrogen and oxygen atoms in total. The smallest absolute Gasteiger partial charge is 0.329 e. The van der Waals surface area contributed by atoms with Crippen molar-refractivity contribution < 1.29 is 22.7 Å². The van der Waals surface area contributed by atoms with Gasteiger partial charge in [-0.05, 0) is 24.6 Å². The second-order valence-electron chi connectivity index (χ2n) is 8.06. The lowest BCUT2D eigenvalue weighted by Gasteiger charge is -2.22. The fraction of sp³-hybridized carbons (Fsp3) is 0.200. The number of methoxy groups -OCH3 is 1. The minimum atomic E-state index is -1.41. The maximum atomic E-state index is 14.4. The summed E-state index contributed by atoms with van der Waals surface area (Å²) in [4.78, 5) is 46.1. The van der Waals surface area contributed by atoms with Crippen molar-refractivity contribution in [3.05, 3.63) is 104 Å². The number of amides is 1. The van der Waals surface area contributed by atoms with Crippen LogP contribution in [0.2, 0.25) is 0 Å². The van der Waals surface area contributed by atoms with Crippen LogP contribution in [0.5, 0.6) is 5.75 Å². The van der Waals surface area contributed by atoms with Gasteiger partial charge < -0.3 is 15.0 Å². The molecule has 0 aliphatic heterocycles. The van der Waals surface area contributed by atoms with Gasteiger partial charge in [0.15, 0.2) is 11.6 Å². The Hall–Kier alpha value is -4.41. The molecule has 2 aromatic carbocycles. The van der Waals surface area contributed by atoms with Crippen LogP contribution in [-0.2, 0) is 11.2 Å². The van der Waals surface area contributed by atoms with Crippen molar-refractivity contribution in [2.24, 2.45) is 0 Å². The Labute approximate surface area is 202 Å². The molecular formula is C25H21F3N4O4. The summed E-state index contributed by atoms with van der Waals surface area (Å²) in [5.74, 6) is -3.86. The average molecular weight is 498 g/mol. The molecular weight excluding hydrogens is 477 g/mol. The molecule has 0 fully saturated rings. The van der Waals surface area contributed by atoms with E-state index in [1.807, 2.05) is 0 Å². The molecule has 0 saturated heterocycles. The van der Waals surface area contributed by atoms with E-state index in [1.54, 1.807) is 30.3 Å². The number of aromatic nitrogens is 3. The van der Waals surface area contributed by atoms with Crippen molar-refractivity contribution in [2.45, 2.75) is 25.4 Å². The first-order valence-electron chi connectivity index (χ1n) is 10.9. The lowest BCUT2D eigenvalue weighted by molar-refractivity contribution is -0.125. The van der Waals surface area contributed by atoms with Crippen LogP contribution in [0.3, 0.4) is 0 Å². The molecule has 0 bridgehead atoms. The number of nitrogens with zero attached hydrogens (tertiary/aromatic N) is 2. The number of carbonyl (C=O) groups excluding carboxylic acids is 1. The molecule has 1 amide bonds. The third kappa shape index (κ3) is 4.72. The fourth-order valence-electron chi connectivity index (χ4n) is 4.00. The van der Waals surface area contributed by atoms with Gasteiger partial charge in [-0.25, -0.2) is 22.5 Å². The van der Waals surface area contributed by atoms with Crippen LogP contribution in [0.15, 0.2) is 64.3 Å². The van der Waals surface area contributed by atoms with E-state index in [0.29, 0.717) is 16.2 Å². The second kappa shape index (κ2) is 10.1. The van der Waals surface area contributed by atoms with Crippen molar-refractivity contribution in [1.82, 2.24) is 19.9 Å². The first kappa shape index (κ1) is 24.7. The first-order valence-corrected chi connectivity index (χ1v) is 10.9. The number of rotatable bonds is 7. The Morgan fingerprint density at radius 3 is 2.50 bits per heavy atom. The summed E-state index contributed by atoms with van der Waals surface area (Å²) in [5, 5.41) is 2.29. The normalized spacial score (nSPS) is 12.8. The summed E-state index contributed by atoms with van der Waals surface area (Å²) < 4.78 is 47.6. The van der Waals surface area contributed by atoms with Crippen molar-refractivity contribution in [3.63, 3.8) is 0 Å². The van der Waals surface area contributed by atoms with Crippen LogP contribution in [0.4, 0.5) is 13.2 Å². The van der Waals surface area contributed by atoms with Gasteiger partial charge in [-0.1, -0.05) is 30.3 Å². The second-order valence-corrected chi connectivity index (χ2v) is 8.06. The Balaban J connectivity index is 1.83. The summed E-state index contributed by atoms with van der Waals surface area (Å²) in [7, 11) is 1.17. The molecule has 0 radical (unpaired) electrons. The number of ether oxygens (including phenoxy) is 1. The maximum absolute atomic E-state index is 14.4. The summed E-state index contributed by atoms with van der Waals surface area (Å²) >= 11 is 0. The highest BCUT2D eigenvalue weighted by molar-refractivity contribution is 5.85. The number of hydrogen-bond acceptors (Lipinski definition) is 5. The molecule has 186 valence electrons. The van der Waals surface area contributed by atoms with Gasteiger partial charge in [0, 0.05) is 12.5 Å². The molecule has 0 aliphatic carbocycles. The van der Waals surface area contributed by atoms with E-state index in [4.69, 9.17) is 4.74 Å². The molecule has 0 saturated carbocycles. The van der Waals surface area contributed by atoms with Crippen LogP contribution in [0.1, 0.15) is 30.3 Å². The molecule has 36 heavy (non-hydrogen) atoms. The standard InChI is InChI=1S/C25H21F3N4O4/c1-13(21-17(28)11-15(26)12-29-21)30-23(33)19(10-14-6-4-3-5-7-14)32-24(34)20-18(31-25(32)35)9-8-16(27)22(20)36-2/h3-9,11-13,19H,10H2,1-2H3,(H,30,33)(H,31,35)/t13-,19+/m1/s1. The van der Waals surface area contributed by atoms with E-state index in [9.17, 15) is 27.6 Å². The number of nitrogens with one attached hydrogen (secondary N) is 2. The lowest BCUT2D eigenvalue weighted by atomic mass is 10.0. The van der Waals surface area contributed by atoms with Crippen molar-refractivity contribution in [3.8, 4) is 5.75 Å². The predicted molar refractivity (Wildman–Crippen MR) is 125 cm³/mol. The number of carbonyl (C=O) groups is 1. The zero-order valence-electron chi connectivity index (χ0n) is 19.2. The van der Waals surface area contributed by atoms with Crippen molar-refractivity contribution in [2.75, 3.05) is 7.11 Å². The van der Waals surface area contributed by atoms with Gasteiger partial charge in [0.1, 0.15) is 23.1 Å². The maximum Gasteiger partial charge on any atom is 0.329 e. The third-order valence-corrected chi connectivity index (χ3v) is 5.70. The third-order valence-electron chi connectivity index (χ3n) is 5.70. The number of H-pyrrole nitrogens is 1. The molecule has 0 aliphatic rings. The Morgan fingerprint density at radius 1 is 1.11 bits per heavy atom. The van der Waals surface area contributed by atoms with Crippen molar-refractivity contribution in [1.29, 1.82) is 0 Å². The van der Waals surface area contributed by atoms with E-state index >= 15 is 0 Å². The Bertz CT molecular complexity index is 1550. The number of benzene rings is 2. The quantitative estimate of drug-likeness (QED) is 0.407. The highest BCUT2D eigenvalue weighted by atomic mass is 19.1. The van der Waals surface area contributed by atoms with Gasteiger partial charge in [0.05, 0.1) is 30.6 Å². The number of fused-ring (bicyclic) bond motifs is 1. The monoisotopic (exact) mass is 498 g/mol. The molecule has 0 unspecified atom stereocenters. The van der Waals surface area contributed by atoms with E-state index in [-0.39, 0.29) is 28.8 Å². The average Bonchev–Trinajstić information content (AvgIpc) is 2.84. The highest BCUT2D eigenvalue weighted by Crippen LogP contribution is 2.25. The first-order chi connectivity index (χ1) is 17.2. The van der Waals surface area contributed by atoms with Crippen LogP contribution >= 0.6 is 0 Å². The summed E-state index contributed by atoms with van der Waals surface area (Å²) in [5.41, 5.74) is -1.43. The van der Waals surface area contributed by atoms with Crippen molar-refractivity contribution >= 4 is 16.8 Å². The summed E-state index contributed by atoms with van der Waals surface area (Å²) in [6.45, 7) is 1.42. The van der Waals surface area contributed by atoms with E-state index in [2.05, 4.69) is 15.3 Å². The van der Waals surface area contributed by atoms with Gasteiger partial charge in [-0.2, -0.15) is 0 Å². The molecule has 2 aromatic heterocycles. The zero-order chi connectivity index (χ0) is 26.0. The molecule has 2 heterocycles. The summed E-state index contributed by atoms with van der Waals surface area (Å²) in [6, 6.07) is 9.05. The molecule has 2 N–H and O–H groups in total. The molecule has 11 heteroatoms. The number of aromatic amines is 1. The van der Waals surface area contributed by atoms with Crippen LogP contribution < -0.4 is 21.3 Å². The molecule has 4 aromatic rings. The largest absolute Gasteiger partial charge is 0.493 e. The van der Waals surface area contributed by atoms with E-state index < -0.39 is 46.7 Å². The van der Waals surface area contributed by atoms with E-state index in [0.717, 1.165) is 12.3 Å². The number of hydrogen-bond donors (Lipinski definition) is 2. The predicted octanol–water partition coefficient (Wildman–Crippen LogP) is 3.17. The minimum absolute atomic E-state index is 0.0318. The van der Waals surface area contributed by atoms with Crippen LogP contribution in [0.25, 0.3) is 10.9 Å². The molecule has 0 spiro atoms. The van der Waals surface area contributed by atoms with Gasteiger partial charge in [-0.15, -0.1) is 0 Å². The number of halogens is 3. The Kier molecular flexibility index (Phi) is 6.91. The van der Waals surface area contributed by atoms with Gasteiger partial charge in [0.25, 0.3) is 5.56 Å². The molecule has 4 rings (SSSR count). The zero-order valence-corrected chi connectivity index (χ0v) is 19.2. The number of pyridine rings is 1.